The fourth-order valence-corrected chi connectivity index (χ4v) is 3.56. The molecule has 3 N–H and O–H groups in total. The fraction of sp³-hybridized carbons (Fsp3) is 0.318. The summed E-state index contributed by atoms with van der Waals surface area (Å²) in [5.41, 5.74) is 4.03. The Labute approximate surface area is 177 Å². The molecule has 0 bridgehead atoms. The zero-order valence-electron chi connectivity index (χ0n) is 16.7. The van der Waals surface area contributed by atoms with Gasteiger partial charge in [-0.25, -0.2) is 4.79 Å². The van der Waals surface area contributed by atoms with Crippen LogP contribution in [0.1, 0.15) is 30.4 Å². The van der Waals surface area contributed by atoms with Crippen molar-refractivity contribution in [3.05, 3.63) is 59.7 Å². The third-order valence-corrected chi connectivity index (χ3v) is 4.99. The number of carboxylic acid groups (broad SMARTS) is 1. The quantitative estimate of drug-likeness (QED) is 0.595. The van der Waals surface area contributed by atoms with Gasteiger partial charge in [0.1, 0.15) is 6.61 Å². The molecule has 1 aliphatic carbocycles. The van der Waals surface area contributed by atoms with Crippen LogP contribution in [0.25, 0.3) is 11.1 Å². The zero-order valence-corrected chi connectivity index (χ0v) is 16.7. The number of carbonyl (C=O) groups is 3. The molecule has 0 radical (unpaired) electrons. The summed E-state index contributed by atoms with van der Waals surface area (Å²) in [7, 11) is 0. The standard InChI is InChI=1S/C22H22F2N2O5/c1-13(10-19(27)28)26-20(29)22(23,24)12-25-21(30)31-11-18-16-8-4-2-6-14(16)15-7-3-5-9-17(15)18/h2-9,13,18H,10-12H2,1H3,(H,25,30)(H,26,29)(H,27,28)/t13-/m1/s1. The molecule has 31 heavy (non-hydrogen) atoms. The molecule has 0 saturated carbocycles. The second kappa shape index (κ2) is 9.11. The summed E-state index contributed by atoms with van der Waals surface area (Å²) in [5.74, 6) is -7.04. The largest absolute Gasteiger partial charge is 0.481 e. The maximum Gasteiger partial charge on any atom is 0.407 e. The van der Waals surface area contributed by atoms with Crippen molar-refractivity contribution in [2.24, 2.45) is 0 Å². The van der Waals surface area contributed by atoms with Gasteiger partial charge >= 0.3 is 18.0 Å². The minimum absolute atomic E-state index is 0.0483. The molecule has 7 nitrogen and oxygen atoms in total. The van der Waals surface area contributed by atoms with Crippen LogP contribution in [-0.4, -0.2) is 48.2 Å². The van der Waals surface area contributed by atoms with Gasteiger partial charge in [0.15, 0.2) is 0 Å². The van der Waals surface area contributed by atoms with Gasteiger partial charge in [-0.2, -0.15) is 8.78 Å². The SMILES string of the molecule is C[C@H](CC(=O)O)NC(=O)C(F)(F)CNC(=O)OCC1c2ccccc2-c2ccccc21. The molecule has 3 rings (SSSR count). The highest BCUT2D eigenvalue weighted by Gasteiger charge is 2.40. The number of hydrogen-bond donors (Lipinski definition) is 3. The van der Waals surface area contributed by atoms with E-state index in [2.05, 4.69) is 0 Å². The average molecular weight is 432 g/mol. The zero-order chi connectivity index (χ0) is 22.6. The average Bonchev–Trinajstić information content (AvgIpc) is 3.04. The van der Waals surface area contributed by atoms with Gasteiger partial charge < -0.3 is 20.5 Å². The summed E-state index contributed by atoms with van der Waals surface area (Å²) >= 11 is 0. The van der Waals surface area contributed by atoms with Crippen LogP contribution in [0.2, 0.25) is 0 Å². The smallest absolute Gasteiger partial charge is 0.407 e. The number of nitrogens with one attached hydrogen (secondary N) is 2. The normalized spacial score (nSPS) is 13.6. The molecule has 0 unspecified atom stereocenters. The molecule has 2 aromatic rings. The molecule has 2 amide bonds. The third kappa shape index (κ3) is 5.17. The van der Waals surface area contributed by atoms with Crippen molar-refractivity contribution in [2.45, 2.75) is 31.2 Å². The number of alkyl carbamates (subject to hydrolysis) is 1. The number of carboxylic acids is 1. The molecule has 0 heterocycles. The summed E-state index contributed by atoms with van der Waals surface area (Å²) in [6, 6.07) is 14.4. The van der Waals surface area contributed by atoms with Crippen LogP contribution >= 0.6 is 0 Å². The molecule has 0 aromatic heterocycles. The number of amides is 2. The van der Waals surface area contributed by atoms with E-state index in [0.29, 0.717) is 0 Å². The highest BCUT2D eigenvalue weighted by atomic mass is 19.3. The van der Waals surface area contributed by atoms with E-state index < -0.39 is 42.9 Å². The first-order valence-corrected chi connectivity index (χ1v) is 9.68. The van der Waals surface area contributed by atoms with Crippen molar-refractivity contribution < 1.29 is 33.0 Å². The first kappa shape index (κ1) is 22.2. The lowest BCUT2D eigenvalue weighted by atomic mass is 9.98. The van der Waals surface area contributed by atoms with E-state index in [0.717, 1.165) is 22.3 Å². The minimum Gasteiger partial charge on any atom is -0.481 e. The first-order valence-electron chi connectivity index (χ1n) is 9.68. The molecule has 2 aromatic carbocycles. The fourth-order valence-electron chi connectivity index (χ4n) is 3.56. The molecule has 1 atom stereocenters. The van der Waals surface area contributed by atoms with Crippen LogP contribution in [0.4, 0.5) is 13.6 Å². The van der Waals surface area contributed by atoms with Gasteiger partial charge in [-0.1, -0.05) is 48.5 Å². The second-order valence-corrected chi connectivity index (χ2v) is 7.36. The van der Waals surface area contributed by atoms with Gasteiger partial charge in [-0.05, 0) is 29.2 Å². The predicted molar refractivity (Wildman–Crippen MR) is 108 cm³/mol. The van der Waals surface area contributed by atoms with E-state index in [4.69, 9.17) is 9.84 Å². The number of fused-ring (bicyclic) bond motifs is 3. The van der Waals surface area contributed by atoms with Gasteiger partial charge in [-0.15, -0.1) is 0 Å². The lowest BCUT2D eigenvalue weighted by Crippen LogP contribution is -2.50. The van der Waals surface area contributed by atoms with Gasteiger partial charge in [0, 0.05) is 12.0 Å². The van der Waals surface area contributed by atoms with Gasteiger partial charge in [0.05, 0.1) is 13.0 Å². The van der Waals surface area contributed by atoms with Crippen molar-refractivity contribution in [1.29, 1.82) is 0 Å². The second-order valence-electron chi connectivity index (χ2n) is 7.36. The van der Waals surface area contributed by atoms with Crippen molar-refractivity contribution >= 4 is 18.0 Å². The molecule has 0 aliphatic heterocycles. The Morgan fingerprint density at radius 2 is 1.61 bits per heavy atom. The van der Waals surface area contributed by atoms with E-state index in [-0.39, 0.29) is 12.5 Å². The highest BCUT2D eigenvalue weighted by molar-refractivity contribution is 5.85. The van der Waals surface area contributed by atoms with Crippen LogP contribution in [0, 0.1) is 0 Å². The maximum atomic E-state index is 14.0. The number of alkyl halides is 2. The Balaban J connectivity index is 1.55. The first-order chi connectivity index (χ1) is 14.7. The van der Waals surface area contributed by atoms with Crippen molar-refractivity contribution in [2.75, 3.05) is 13.2 Å². The summed E-state index contributed by atoms with van der Waals surface area (Å²) in [6.07, 6.45) is -1.57. The number of aliphatic carboxylic acids is 1. The van der Waals surface area contributed by atoms with Crippen LogP contribution in [0.3, 0.4) is 0 Å². The molecular weight excluding hydrogens is 410 g/mol. The molecule has 164 valence electrons. The number of ether oxygens (including phenoxy) is 1. The summed E-state index contributed by atoms with van der Waals surface area (Å²) in [4.78, 5) is 34.2. The van der Waals surface area contributed by atoms with E-state index in [1.54, 1.807) is 0 Å². The van der Waals surface area contributed by atoms with Crippen LogP contribution in [0.15, 0.2) is 48.5 Å². The Bertz CT molecular complexity index is 950. The number of hydrogen-bond acceptors (Lipinski definition) is 4. The molecule has 0 saturated heterocycles. The Morgan fingerprint density at radius 3 is 2.16 bits per heavy atom. The van der Waals surface area contributed by atoms with E-state index in [1.807, 2.05) is 59.2 Å². The van der Waals surface area contributed by atoms with Crippen LogP contribution < -0.4 is 10.6 Å². The molecule has 1 aliphatic rings. The van der Waals surface area contributed by atoms with Gasteiger partial charge in [0.2, 0.25) is 0 Å². The summed E-state index contributed by atoms with van der Waals surface area (Å²) in [5, 5.41) is 12.4. The lowest BCUT2D eigenvalue weighted by Gasteiger charge is -2.20. The topological polar surface area (TPSA) is 105 Å². The molecule has 0 fully saturated rings. The molecular formula is C22H22F2N2O5. The molecule has 0 spiro atoms. The van der Waals surface area contributed by atoms with Gasteiger partial charge in [0.25, 0.3) is 5.91 Å². The van der Waals surface area contributed by atoms with E-state index in [9.17, 15) is 23.2 Å². The van der Waals surface area contributed by atoms with Crippen LogP contribution in [-0.2, 0) is 14.3 Å². The monoisotopic (exact) mass is 432 g/mol. The molecule has 9 heteroatoms. The summed E-state index contributed by atoms with van der Waals surface area (Å²) < 4.78 is 33.1. The Hall–Kier alpha value is -3.49. The van der Waals surface area contributed by atoms with E-state index >= 15 is 0 Å². The third-order valence-electron chi connectivity index (χ3n) is 4.99. The van der Waals surface area contributed by atoms with Crippen molar-refractivity contribution in [1.82, 2.24) is 10.6 Å². The predicted octanol–water partition coefficient (Wildman–Crippen LogP) is 3.14. The maximum absolute atomic E-state index is 14.0. The minimum atomic E-state index is -3.92. The van der Waals surface area contributed by atoms with Crippen LogP contribution in [0.5, 0.6) is 0 Å². The lowest BCUT2D eigenvalue weighted by molar-refractivity contribution is -0.146. The highest BCUT2D eigenvalue weighted by Crippen LogP contribution is 2.44. The van der Waals surface area contributed by atoms with Gasteiger partial charge in [-0.3, -0.25) is 9.59 Å². The Morgan fingerprint density at radius 1 is 1.06 bits per heavy atom. The Kier molecular flexibility index (Phi) is 6.53. The number of rotatable bonds is 8. The number of halogens is 2. The van der Waals surface area contributed by atoms with Crippen molar-refractivity contribution in [3.63, 3.8) is 0 Å². The van der Waals surface area contributed by atoms with Crippen molar-refractivity contribution in [3.8, 4) is 11.1 Å². The summed E-state index contributed by atoms with van der Waals surface area (Å²) in [6.45, 7) is -0.0242. The van der Waals surface area contributed by atoms with E-state index in [1.165, 1.54) is 6.92 Å². The number of carbonyl (C=O) groups excluding carboxylic acids is 2. The number of benzene rings is 2.